The number of nitrogens with zero attached hydrogens (tertiary/aromatic N) is 5. The van der Waals surface area contributed by atoms with Gasteiger partial charge in [0.2, 0.25) is 5.95 Å². The number of benzene rings is 1. The smallest absolute Gasteiger partial charge is 0.229 e. The van der Waals surface area contributed by atoms with Crippen molar-refractivity contribution in [2.45, 2.75) is 18.9 Å². The van der Waals surface area contributed by atoms with Gasteiger partial charge in [-0.05, 0) is 51.2 Å². The first-order valence-electron chi connectivity index (χ1n) is 9.50. The molecule has 0 spiro atoms. The van der Waals surface area contributed by atoms with Crippen LogP contribution in [0.25, 0.3) is 11.1 Å². The minimum absolute atomic E-state index is 0.366. The molecule has 152 valence electrons. The molecule has 4 rings (SSSR count). The van der Waals surface area contributed by atoms with Crippen molar-refractivity contribution in [2.24, 2.45) is 7.05 Å². The van der Waals surface area contributed by atoms with Gasteiger partial charge in [0.1, 0.15) is 5.82 Å². The van der Waals surface area contributed by atoms with Crippen molar-refractivity contribution in [1.29, 1.82) is 0 Å². The van der Waals surface area contributed by atoms with Crippen LogP contribution in [0.4, 0.5) is 17.5 Å². The summed E-state index contributed by atoms with van der Waals surface area (Å²) in [6.45, 7) is 2.13. The highest BCUT2D eigenvalue weighted by Gasteiger charge is 2.20. The number of nitrogens with one attached hydrogen (secondary N) is 2. The first kappa shape index (κ1) is 19.9. The van der Waals surface area contributed by atoms with Crippen molar-refractivity contribution >= 4 is 40.7 Å². The van der Waals surface area contributed by atoms with Gasteiger partial charge in [-0.1, -0.05) is 23.2 Å². The molecule has 9 heteroatoms. The summed E-state index contributed by atoms with van der Waals surface area (Å²) in [6.07, 6.45) is 7.74. The van der Waals surface area contributed by atoms with Crippen LogP contribution in [-0.2, 0) is 7.05 Å². The Morgan fingerprint density at radius 1 is 1.03 bits per heavy atom. The second kappa shape index (κ2) is 8.57. The van der Waals surface area contributed by atoms with E-state index in [9.17, 15) is 0 Å². The SMILES string of the molecule is CN1CCC(Nc2nc(Nc3cc(Cl)cc(Cl)c3)ncc2-c2cnn(C)c2)CC1. The molecule has 29 heavy (non-hydrogen) atoms. The molecule has 0 atom stereocenters. The number of likely N-dealkylation sites (tertiary alicyclic amines) is 1. The molecule has 0 radical (unpaired) electrons. The summed E-state index contributed by atoms with van der Waals surface area (Å²) in [4.78, 5) is 11.6. The number of anilines is 3. The number of aryl methyl sites for hydroxylation is 1. The number of hydrogen-bond acceptors (Lipinski definition) is 6. The highest BCUT2D eigenvalue weighted by molar-refractivity contribution is 6.35. The standard InChI is InChI=1S/C20H23Cl2N7/c1-28-5-3-16(4-6-28)25-19-18(13-10-24-29(2)12-13)11-23-20(27-19)26-17-8-14(21)7-15(22)9-17/h7-12,16H,3-6H2,1-2H3,(H2,23,25,26,27). The zero-order chi connectivity index (χ0) is 20.4. The molecule has 7 nitrogen and oxygen atoms in total. The molecule has 0 saturated carbocycles. The lowest BCUT2D eigenvalue weighted by molar-refractivity contribution is 0.263. The third-order valence-corrected chi connectivity index (χ3v) is 5.42. The van der Waals surface area contributed by atoms with Crippen LogP contribution in [-0.4, -0.2) is 50.8 Å². The monoisotopic (exact) mass is 431 g/mol. The number of rotatable bonds is 5. The van der Waals surface area contributed by atoms with Crippen molar-refractivity contribution in [3.8, 4) is 11.1 Å². The zero-order valence-electron chi connectivity index (χ0n) is 16.4. The average Bonchev–Trinajstić information content (AvgIpc) is 3.09. The maximum Gasteiger partial charge on any atom is 0.229 e. The van der Waals surface area contributed by atoms with Crippen LogP contribution >= 0.6 is 23.2 Å². The van der Waals surface area contributed by atoms with E-state index in [0.717, 1.165) is 48.6 Å². The molecule has 3 aromatic rings. The summed E-state index contributed by atoms with van der Waals surface area (Å²) in [7, 11) is 4.05. The van der Waals surface area contributed by atoms with E-state index < -0.39 is 0 Å². The van der Waals surface area contributed by atoms with Crippen molar-refractivity contribution in [1.82, 2.24) is 24.6 Å². The molecule has 2 aromatic heterocycles. The van der Waals surface area contributed by atoms with Crippen LogP contribution in [0, 0.1) is 0 Å². The predicted molar refractivity (Wildman–Crippen MR) is 118 cm³/mol. The third-order valence-electron chi connectivity index (χ3n) is 4.98. The Bertz CT molecular complexity index is 976. The summed E-state index contributed by atoms with van der Waals surface area (Å²) in [6, 6.07) is 5.63. The number of hydrogen-bond donors (Lipinski definition) is 2. The Balaban J connectivity index is 1.63. The van der Waals surface area contributed by atoms with Gasteiger partial charge in [-0.3, -0.25) is 4.68 Å². The Labute approximate surface area is 180 Å². The van der Waals surface area contributed by atoms with Crippen LogP contribution in [0.2, 0.25) is 10.0 Å². The van der Waals surface area contributed by atoms with Crippen LogP contribution in [0.15, 0.2) is 36.8 Å². The summed E-state index contributed by atoms with van der Waals surface area (Å²) in [5.74, 6) is 1.27. The van der Waals surface area contributed by atoms with E-state index >= 15 is 0 Å². The predicted octanol–water partition coefficient (Wildman–Crippen LogP) is 4.43. The molecule has 0 unspecified atom stereocenters. The van der Waals surface area contributed by atoms with E-state index in [1.54, 1.807) is 22.9 Å². The Kier molecular flexibility index (Phi) is 5.89. The molecular weight excluding hydrogens is 409 g/mol. The van der Waals surface area contributed by atoms with Crippen LogP contribution in [0.1, 0.15) is 12.8 Å². The van der Waals surface area contributed by atoms with Crippen LogP contribution in [0.5, 0.6) is 0 Å². The van der Waals surface area contributed by atoms with Gasteiger partial charge in [-0.25, -0.2) is 4.98 Å². The normalized spacial score (nSPS) is 15.4. The largest absolute Gasteiger partial charge is 0.367 e. The molecule has 1 saturated heterocycles. The minimum atomic E-state index is 0.366. The van der Waals surface area contributed by atoms with Gasteiger partial charge in [-0.15, -0.1) is 0 Å². The number of halogens is 2. The number of aromatic nitrogens is 4. The highest BCUT2D eigenvalue weighted by Crippen LogP contribution is 2.30. The zero-order valence-corrected chi connectivity index (χ0v) is 17.9. The van der Waals surface area contributed by atoms with Crippen molar-refractivity contribution in [3.63, 3.8) is 0 Å². The molecule has 0 aliphatic carbocycles. The molecule has 2 N–H and O–H groups in total. The van der Waals surface area contributed by atoms with Crippen molar-refractivity contribution in [2.75, 3.05) is 30.8 Å². The Hall–Kier alpha value is -2.35. The van der Waals surface area contributed by atoms with Gasteiger partial charge in [0.15, 0.2) is 0 Å². The van der Waals surface area contributed by atoms with Crippen LogP contribution in [0.3, 0.4) is 0 Å². The van der Waals surface area contributed by atoms with E-state index in [4.69, 9.17) is 28.2 Å². The van der Waals surface area contributed by atoms with Gasteiger partial charge < -0.3 is 15.5 Å². The number of piperidine rings is 1. The van der Waals surface area contributed by atoms with E-state index in [1.807, 2.05) is 25.6 Å². The molecular formula is C20H23Cl2N7. The first-order valence-corrected chi connectivity index (χ1v) is 10.3. The lowest BCUT2D eigenvalue weighted by Gasteiger charge is -2.30. The summed E-state index contributed by atoms with van der Waals surface area (Å²) in [5, 5.41) is 12.2. The van der Waals surface area contributed by atoms with E-state index in [0.29, 0.717) is 22.0 Å². The van der Waals surface area contributed by atoms with E-state index in [2.05, 4.69) is 32.7 Å². The summed E-state index contributed by atoms with van der Waals surface area (Å²) < 4.78 is 1.77. The van der Waals surface area contributed by atoms with Gasteiger partial charge in [-0.2, -0.15) is 10.1 Å². The van der Waals surface area contributed by atoms with E-state index in [1.165, 1.54) is 0 Å². The second-order valence-corrected chi connectivity index (χ2v) is 8.24. The fourth-order valence-corrected chi connectivity index (χ4v) is 3.95. The molecule has 1 aliphatic rings. The topological polar surface area (TPSA) is 70.9 Å². The quantitative estimate of drug-likeness (QED) is 0.622. The Morgan fingerprint density at radius 3 is 2.41 bits per heavy atom. The fraction of sp³-hybridized carbons (Fsp3) is 0.350. The molecule has 0 bridgehead atoms. The van der Waals surface area contributed by atoms with Gasteiger partial charge >= 0.3 is 0 Å². The molecule has 1 fully saturated rings. The van der Waals surface area contributed by atoms with Crippen molar-refractivity contribution in [3.05, 3.63) is 46.8 Å². The average molecular weight is 432 g/mol. The van der Waals surface area contributed by atoms with Crippen molar-refractivity contribution < 1.29 is 0 Å². The summed E-state index contributed by atoms with van der Waals surface area (Å²) in [5.41, 5.74) is 2.63. The lowest BCUT2D eigenvalue weighted by Crippen LogP contribution is -2.37. The van der Waals surface area contributed by atoms with E-state index in [-0.39, 0.29) is 0 Å². The maximum absolute atomic E-state index is 6.10. The minimum Gasteiger partial charge on any atom is -0.367 e. The molecule has 1 aromatic carbocycles. The second-order valence-electron chi connectivity index (χ2n) is 7.36. The first-order chi connectivity index (χ1) is 14.0. The summed E-state index contributed by atoms with van der Waals surface area (Å²) >= 11 is 12.2. The molecule has 1 aliphatic heterocycles. The third kappa shape index (κ3) is 4.98. The maximum atomic E-state index is 6.10. The fourth-order valence-electron chi connectivity index (χ4n) is 3.43. The van der Waals surface area contributed by atoms with Crippen LogP contribution < -0.4 is 10.6 Å². The lowest BCUT2D eigenvalue weighted by atomic mass is 10.0. The van der Waals surface area contributed by atoms with Gasteiger partial charge in [0, 0.05) is 52.3 Å². The molecule has 3 heterocycles. The highest BCUT2D eigenvalue weighted by atomic mass is 35.5. The van der Waals surface area contributed by atoms with Gasteiger partial charge in [0.25, 0.3) is 0 Å². The Morgan fingerprint density at radius 2 is 1.76 bits per heavy atom. The molecule has 0 amide bonds. The van der Waals surface area contributed by atoms with Gasteiger partial charge in [0.05, 0.1) is 6.20 Å².